The molecule has 0 bridgehead atoms. The number of rotatable bonds is 6. The molecule has 2 aromatic carbocycles. The minimum Gasteiger partial charge on any atom is -0.483 e. The van der Waals surface area contributed by atoms with Gasteiger partial charge in [-0.3, -0.25) is 4.79 Å². The fourth-order valence-electron chi connectivity index (χ4n) is 2.54. The molecular weight excluding hydrogens is 350 g/mol. The number of para-hydroxylation sites is 2. The van der Waals surface area contributed by atoms with Crippen molar-refractivity contribution in [3.8, 4) is 5.75 Å². The number of hydrogen-bond acceptors (Lipinski definition) is 4. The van der Waals surface area contributed by atoms with Crippen molar-refractivity contribution in [3.05, 3.63) is 54.1 Å². The Kier molecular flexibility index (Phi) is 6.08. The van der Waals surface area contributed by atoms with Crippen LogP contribution in [0.4, 0.5) is 5.69 Å². The second-order valence-corrected chi connectivity index (χ2v) is 9.23. The van der Waals surface area contributed by atoms with Gasteiger partial charge in [-0.15, -0.1) is 0 Å². The Labute approximate surface area is 155 Å². The molecule has 0 heterocycles. The van der Waals surface area contributed by atoms with Crippen LogP contribution in [0.5, 0.6) is 5.75 Å². The molecule has 0 spiro atoms. The molecule has 0 aliphatic rings. The Morgan fingerprint density at radius 1 is 1.04 bits per heavy atom. The Bertz CT molecular complexity index is 883. The molecule has 2 aromatic rings. The van der Waals surface area contributed by atoms with E-state index in [9.17, 15) is 13.2 Å². The fraction of sp³-hybridized carbons (Fsp3) is 0.350. The van der Waals surface area contributed by atoms with Crippen LogP contribution in [0.15, 0.2) is 53.4 Å². The van der Waals surface area contributed by atoms with E-state index < -0.39 is 15.7 Å². The molecule has 1 N–H and O–H groups in total. The van der Waals surface area contributed by atoms with Crippen LogP contribution < -0.4 is 10.1 Å². The standard InChI is InChI=1S/C20H25NO4S/c1-5-26(23,24)18-13-9-7-11-16(18)21-19(22)14-25-17-12-8-6-10-15(17)20(2,3)4/h6-13H,5,14H2,1-4H3,(H,21,22). The summed E-state index contributed by atoms with van der Waals surface area (Å²) in [5.41, 5.74) is 1.16. The number of benzene rings is 2. The van der Waals surface area contributed by atoms with E-state index >= 15 is 0 Å². The molecule has 26 heavy (non-hydrogen) atoms. The van der Waals surface area contributed by atoms with Crippen LogP contribution in [-0.2, 0) is 20.0 Å². The fourth-order valence-corrected chi connectivity index (χ4v) is 3.59. The molecule has 2 rings (SSSR count). The van der Waals surface area contributed by atoms with Gasteiger partial charge in [0.1, 0.15) is 5.75 Å². The van der Waals surface area contributed by atoms with Crippen LogP contribution in [0.25, 0.3) is 0 Å². The summed E-state index contributed by atoms with van der Waals surface area (Å²) in [6.07, 6.45) is 0. The maximum Gasteiger partial charge on any atom is 0.262 e. The van der Waals surface area contributed by atoms with Crippen molar-refractivity contribution in [1.29, 1.82) is 0 Å². The van der Waals surface area contributed by atoms with Crippen LogP contribution in [-0.4, -0.2) is 26.7 Å². The quantitative estimate of drug-likeness (QED) is 0.834. The molecule has 140 valence electrons. The van der Waals surface area contributed by atoms with Crippen LogP contribution in [0, 0.1) is 0 Å². The highest BCUT2D eigenvalue weighted by Crippen LogP contribution is 2.31. The number of carbonyl (C=O) groups excluding carboxylic acids is 1. The summed E-state index contributed by atoms with van der Waals surface area (Å²) in [6, 6.07) is 14.0. The average molecular weight is 375 g/mol. The largest absolute Gasteiger partial charge is 0.483 e. The van der Waals surface area contributed by atoms with Crippen molar-refractivity contribution in [2.24, 2.45) is 0 Å². The molecule has 1 amide bonds. The van der Waals surface area contributed by atoms with Gasteiger partial charge in [-0.2, -0.15) is 0 Å². The Hall–Kier alpha value is -2.34. The van der Waals surface area contributed by atoms with E-state index in [4.69, 9.17) is 4.74 Å². The number of hydrogen-bond donors (Lipinski definition) is 1. The second-order valence-electron chi connectivity index (χ2n) is 6.98. The molecule has 6 heteroatoms. The molecule has 0 saturated carbocycles. The zero-order valence-corrected chi connectivity index (χ0v) is 16.4. The van der Waals surface area contributed by atoms with Crippen molar-refractivity contribution >= 4 is 21.4 Å². The highest BCUT2D eigenvalue weighted by Gasteiger charge is 2.20. The van der Waals surface area contributed by atoms with Gasteiger partial charge in [0, 0.05) is 0 Å². The predicted octanol–water partition coefficient (Wildman–Crippen LogP) is 3.80. The van der Waals surface area contributed by atoms with Crippen molar-refractivity contribution < 1.29 is 17.9 Å². The summed E-state index contributed by atoms with van der Waals surface area (Å²) >= 11 is 0. The van der Waals surface area contributed by atoms with Crippen molar-refractivity contribution in [2.45, 2.75) is 38.0 Å². The first-order chi connectivity index (χ1) is 12.1. The first kappa shape index (κ1) is 20.0. The molecule has 0 saturated heterocycles. The SMILES string of the molecule is CCS(=O)(=O)c1ccccc1NC(=O)COc1ccccc1C(C)(C)C. The number of nitrogens with one attached hydrogen (secondary N) is 1. The van der Waals surface area contributed by atoms with Crippen LogP contribution >= 0.6 is 0 Å². The molecule has 0 radical (unpaired) electrons. The van der Waals surface area contributed by atoms with E-state index in [2.05, 4.69) is 26.1 Å². The summed E-state index contributed by atoms with van der Waals surface area (Å²) in [6.45, 7) is 7.58. The van der Waals surface area contributed by atoms with Crippen molar-refractivity contribution in [3.63, 3.8) is 0 Å². The highest BCUT2D eigenvalue weighted by molar-refractivity contribution is 7.91. The van der Waals surface area contributed by atoms with E-state index in [1.54, 1.807) is 25.1 Å². The minimum absolute atomic E-state index is 0.0324. The third-order valence-electron chi connectivity index (χ3n) is 3.93. The van der Waals surface area contributed by atoms with E-state index in [1.807, 2.05) is 24.3 Å². The van der Waals surface area contributed by atoms with E-state index in [1.165, 1.54) is 6.07 Å². The Morgan fingerprint density at radius 2 is 1.65 bits per heavy atom. The van der Waals surface area contributed by atoms with Gasteiger partial charge in [0.25, 0.3) is 5.91 Å². The van der Waals surface area contributed by atoms with Crippen LogP contribution in [0.1, 0.15) is 33.3 Å². The molecule has 5 nitrogen and oxygen atoms in total. The summed E-state index contributed by atoms with van der Waals surface area (Å²) < 4.78 is 30.0. The van der Waals surface area contributed by atoms with Gasteiger partial charge in [0.2, 0.25) is 0 Å². The van der Waals surface area contributed by atoms with Gasteiger partial charge in [-0.05, 0) is 29.2 Å². The highest BCUT2D eigenvalue weighted by atomic mass is 32.2. The van der Waals surface area contributed by atoms with E-state index in [0.29, 0.717) is 5.75 Å². The number of amides is 1. The molecule has 0 unspecified atom stereocenters. The summed E-state index contributed by atoms with van der Waals surface area (Å²) in [7, 11) is -3.42. The lowest BCUT2D eigenvalue weighted by Gasteiger charge is -2.22. The maximum absolute atomic E-state index is 12.3. The maximum atomic E-state index is 12.3. The van der Waals surface area contributed by atoms with Gasteiger partial charge in [0.15, 0.2) is 16.4 Å². The smallest absolute Gasteiger partial charge is 0.262 e. The number of ether oxygens (including phenoxy) is 1. The first-order valence-electron chi connectivity index (χ1n) is 8.49. The molecule has 0 aliphatic heterocycles. The molecule has 0 aromatic heterocycles. The van der Waals surface area contributed by atoms with Gasteiger partial charge in [-0.1, -0.05) is 58.0 Å². The number of carbonyl (C=O) groups is 1. The average Bonchev–Trinajstić information content (AvgIpc) is 2.60. The lowest BCUT2D eigenvalue weighted by atomic mass is 9.86. The van der Waals surface area contributed by atoms with Crippen LogP contribution in [0.3, 0.4) is 0 Å². The summed E-state index contributed by atoms with van der Waals surface area (Å²) in [5, 5.41) is 2.64. The molecular formula is C20H25NO4S. The normalized spacial score (nSPS) is 11.8. The molecule has 0 fully saturated rings. The van der Waals surface area contributed by atoms with Gasteiger partial charge in [-0.25, -0.2) is 8.42 Å². The molecule has 0 atom stereocenters. The van der Waals surface area contributed by atoms with Crippen LogP contribution in [0.2, 0.25) is 0 Å². The van der Waals surface area contributed by atoms with Gasteiger partial charge in [0.05, 0.1) is 16.3 Å². The Balaban J connectivity index is 2.13. The van der Waals surface area contributed by atoms with E-state index in [-0.39, 0.29) is 28.4 Å². The van der Waals surface area contributed by atoms with Crippen molar-refractivity contribution in [2.75, 3.05) is 17.7 Å². The second kappa shape index (κ2) is 7.91. The zero-order chi connectivity index (χ0) is 19.4. The number of sulfone groups is 1. The van der Waals surface area contributed by atoms with Crippen molar-refractivity contribution in [1.82, 2.24) is 0 Å². The topological polar surface area (TPSA) is 72.5 Å². The van der Waals surface area contributed by atoms with E-state index in [0.717, 1.165) is 5.56 Å². The van der Waals surface area contributed by atoms with Gasteiger partial charge >= 0.3 is 0 Å². The lowest BCUT2D eigenvalue weighted by Crippen LogP contribution is -2.23. The summed E-state index contributed by atoms with van der Waals surface area (Å²) in [5.74, 6) is 0.201. The molecule has 0 aliphatic carbocycles. The predicted molar refractivity (Wildman–Crippen MR) is 103 cm³/mol. The van der Waals surface area contributed by atoms with Gasteiger partial charge < -0.3 is 10.1 Å². The summed E-state index contributed by atoms with van der Waals surface area (Å²) in [4.78, 5) is 12.4. The lowest BCUT2D eigenvalue weighted by molar-refractivity contribution is -0.118. The third kappa shape index (κ3) is 4.85. The number of anilines is 1. The Morgan fingerprint density at radius 3 is 2.31 bits per heavy atom. The minimum atomic E-state index is -3.42. The zero-order valence-electron chi connectivity index (χ0n) is 15.6. The first-order valence-corrected chi connectivity index (χ1v) is 10.1. The monoisotopic (exact) mass is 375 g/mol. The third-order valence-corrected chi connectivity index (χ3v) is 5.72.